The summed E-state index contributed by atoms with van der Waals surface area (Å²) in [6.07, 6.45) is 0. The fourth-order valence-corrected chi connectivity index (χ4v) is 2.33. The summed E-state index contributed by atoms with van der Waals surface area (Å²) in [4.78, 5) is 34.8. The van der Waals surface area contributed by atoms with Gasteiger partial charge in [-0.2, -0.15) is 0 Å². The summed E-state index contributed by atoms with van der Waals surface area (Å²) >= 11 is 0. The van der Waals surface area contributed by atoms with E-state index in [-0.39, 0.29) is 16.9 Å². The van der Waals surface area contributed by atoms with Gasteiger partial charge >= 0.3 is 5.69 Å². The lowest BCUT2D eigenvalue weighted by atomic mass is 10.1. The molecule has 1 amide bonds. The molecule has 3 rings (SSSR count). The normalized spacial score (nSPS) is 11.0. The summed E-state index contributed by atoms with van der Waals surface area (Å²) in [5, 5.41) is 0. The van der Waals surface area contributed by atoms with Crippen molar-refractivity contribution in [3.8, 4) is 11.4 Å². The lowest BCUT2D eigenvalue weighted by molar-refractivity contribution is 0.0997. The Kier molecular flexibility index (Phi) is 3.25. The summed E-state index contributed by atoms with van der Waals surface area (Å²) in [6, 6.07) is 7.58. The van der Waals surface area contributed by atoms with Gasteiger partial charge in [0.15, 0.2) is 17.2 Å². The second kappa shape index (κ2) is 5.10. The molecule has 0 fully saturated rings. The van der Waals surface area contributed by atoms with Gasteiger partial charge in [-0.15, -0.1) is 0 Å². The first kappa shape index (κ1) is 14.0. The van der Waals surface area contributed by atoms with Gasteiger partial charge in [-0.05, 0) is 13.8 Å². The Morgan fingerprint density at radius 3 is 2.55 bits per heavy atom. The third-order valence-corrected chi connectivity index (χ3v) is 3.48. The second-order valence-electron chi connectivity index (χ2n) is 5.00. The average molecular weight is 297 g/mol. The minimum atomic E-state index is -0.703. The van der Waals surface area contributed by atoms with Gasteiger partial charge < -0.3 is 10.7 Å². The van der Waals surface area contributed by atoms with Crippen LogP contribution in [0.15, 0.2) is 29.1 Å². The number of imidazole rings is 1. The van der Waals surface area contributed by atoms with Crippen LogP contribution in [0.1, 0.15) is 23.0 Å². The monoisotopic (exact) mass is 297 g/mol. The number of amides is 1. The molecule has 0 radical (unpaired) electrons. The number of fused-ring (bicyclic) bond motifs is 1. The van der Waals surface area contributed by atoms with Crippen LogP contribution < -0.4 is 11.4 Å². The van der Waals surface area contributed by atoms with Crippen molar-refractivity contribution in [2.24, 2.45) is 5.73 Å². The number of aromatic nitrogens is 4. The fourth-order valence-electron chi connectivity index (χ4n) is 2.33. The number of nitrogens with one attached hydrogen (secondary N) is 1. The van der Waals surface area contributed by atoms with Gasteiger partial charge in [0.2, 0.25) is 0 Å². The Labute approximate surface area is 125 Å². The zero-order chi connectivity index (χ0) is 15.9. The molecule has 22 heavy (non-hydrogen) atoms. The maximum absolute atomic E-state index is 11.9. The number of carbonyl (C=O) groups is 1. The van der Waals surface area contributed by atoms with Crippen molar-refractivity contribution < 1.29 is 4.79 Å². The molecule has 0 aliphatic heterocycles. The first-order valence-corrected chi connectivity index (χ1v) is 6.88. The average Bonchev–Trinajstić information content (AvgIpc) is 2.81. The molecule has 0 saturated carbocycles. The van der Waals surface area contributed by atoms with Gasteiger partial charge in [0.25, 0.3) is 5.91 Å². The molecule has 0 aliphatic carbocycles. The van der Waals surface area contributed by atoms with E-state index in [1.165, 1.54) is 4.57 Å². The highest BCUT2D eigenvalue weighted by molar-refractivity contribution is 6.01. The number of hydrogen-bond acceptors (Lipinski definition) is 4. The van der Waals surface area contributed by atoms with E-state index in [2.05, 4.69) is 15.0 Å². The molecule has 0 atom stereocenters. The number of primary amides is 1. The molecule has 2 aromatic heterocycles. The molecule has 7 nitrogen and oxygen atoms in total. The van der Waals surface area contributed by atoms with Crippen LogP contribution >= 0.6 is 0 Å². The highest BCUT2D eigenvalue weighted by Crippen LogP contribution is 2.20. The number of aromatic amines is 1. The molecule has 2 heterocycles. The summed E-state index contributed by atoms with van der Waals surface area (Å²) in [5.41, 5.74) is 7.59. The van der Waals surface area contributed by atoms with Crippen LogP contribution in [0, 0.1) is 6.92 Å². The van der Waals surface area contributed by atoms with Gasteiger partial charge in [0.05, 0.1) is 0 Å². The van der Waals surface area contributed by atoms with Gasteiger partial charge in [0.1, 0.15) is 5.52 Å². The van der Waals surface area contributed by atoms with E-state index in [1.807, 2.05) is 38.1 Å². The Bertz CT molecular complexity index is 921. The van der Waals surface area contributed by atoms with E-state index in [4.69, 9.17) is 5.73 Å². The van der Waals surface area contributed by atoms with E-state index in [9.17, 15) is 9.59 Å². The third-order valence-electron chi connectivity index (χ3n) is 3.48. The lowest BCUT2D eigenvalue weighted by Crippen LogP contribution is -2.15. The van der Waals surface area contributed by atoms with E-state index >= 15 is 0 Å². The molecule has 0 bridgehead atoms. The molecular weight excluding hydrogens is 282 g/mol. The van der Waals surface area contributed by atoms with Crippen molar-refractivity contribution >= 4 is 17.1 Å². The zero-order valence-corrected chi connectivity index (χ0v) is 12.3. The molecule has 0 aliphatic rings. The number of aryl methyl sites for hydroxylation is 2. The van der Waals surface area contributed by atoms with Crippen LogP contribution in [0.25, 0.3) is 22.6 Å². The quantitative estimate of drug-likeness (QED) is 0.757. The Balaban J connectivity index is 2.34. The van der Waals surface area contributed by atoms with E-state index in [1.54, 1.807) is 0 Å². The van der Waals surface area contributed by atoms with Crippen LogP contribution in [-0.4, -0.2) is 25.4 Å². The molecule has 112 valence electrons. The highest BCUT2D eigenvalue weighted by atomic mass is 16.2. The summed E-state index contributed by atoms with van der Waals surface area (Å²) in [5.74, 6) is -0.340. The maximum atomic E-state index is 11.9. The van der Waals surface area contributed by atoms with Gasteiger partial charge in [-0.3, -0.25) is 9.36 Å². The Morgan fingerprint density at radius 1 is 1.27 bits per heavy atom. The fraction of sp³-hybridized carbons (Fsp3) is 0.200. The van der Waals surface area contributed by atoms with E-state index < -0.39 is 5.91 Å². The predicted molar refractivity (Wildman–Crippen MR) is 82.5 cm³/mol. The number of H-pyrrole nitrogens is 1. The van der Waals surface area contributed by atoms with Gasteiger partial charge in [-0.1, -0.05) is 29.8 Å². The van der Waals surface area contributed by atoms with Crippen LogP contribution in [0.4, 0.5) is 0 Å². The molecule has 1 aromatic carbocycles. The number of carbonyl (C=O) groups excluding carboxylic acids is 1. The minimum Gasteiger partial charge on any atom is -0.364 e. The lowest BCUT2D eigenvalue weighted by Gasteiger charge is -2.05. The minimum absolute atomic E-state index is 0.0184. The molecule has 0 spiro atoms. The summed E-state index contributed by atoms with van der Waals surface area (Å²) in [7, 11) is 0. The number of hydrogen-bond donors (Lipinski definition) is 2. The number of rotatable bonds is 3. The van der Waals surface area contributed by atoms with Crippen LogP contribution in [0.3, 0.4) is 0 Å². The third kappa shape index (κ3) is 2.16. The van der Waals surface area contributed by atoms with Crippen molar-refractivity contribution in [1.29, 1.82) is 0 Å². The second-order valence-corrected chi connectivity index (χ2v) is 5.00. The standard InChI is InChI=1S/C15H15N5O2/c1-3-20-14-11(18-15(20)22)10(12(16)21)17-13(19-14)9-6-4-8(2)5-7-9/h4-7H,3H2,1-2H3,(H2,16,21)(H,18,22). The Hall–Kier alpha value is -2.96. The highest BCUT2D eigenvalue weighted by Gasteiger charge is 2.18. The summed E-state index contributed by atoms with van der Waals surface area (Å²) < 4.78 is 1.45. The molecule has 3 N–H and O–H groups in total. The molecule has 3 aromatic rings. The predicted octanol–water partition coefficient (Wildman–Crippen LogP) is 1.21. The maximum Gasteiger partial charge on any atom is 0.327 e. The smallest absolute Gasteiger partial charge is 0.327 e. The van der Waals surface area contributed by atoms with Crippen LogP contribution in [-0.2, 0) is 6.54 Å². The number of nitrogens with two attached hydrogens (primary N) is 1. The first-order chi connectivity index (χ1) is 10.5. The van der Waals surface area contributed by atoms with Crippen LogP contribution in [0.5, 0.6) is 0 Å². The van der Waals surface area contributed by atoms with Crippen LogP contribution in [0.2, 0.25) is 0 Å². The largest absolute Gasteiger partial charge is 0.364 e. The van der Waals surface area contributed by atoms with Gasteiger partial charge in [0, 0.05) is 12.1 Å². The number of benzene rings is 1. The van der Waals surface area contributed by atoms with Crippen molar-refractivity contribution in [2.75, 3.05) is 0 Å². The first-order valence-electron chi connectivity index (χ1n) is 6.88. The topological polar surface area (TPSA) is 107 Å². The SMILES string of the molecule is CCn1c(=O)[nH]c2c(C(N)=O)nc(-c3ccc(C)cc3)nc21. The van der Waals surface area contributed by atoms with E-state index in [0.717, 1.165) is 11.1 Å². The molecule has 0 unspecified atom stereocenters. The number of nitrogens with zero attached hydrogens (tertiary/aromatic N) is 3. The summed E-state index contributed by atoms with van der Waals surface area (Å²) in [6.45, 7) is 4.23. The zero-order valence-electron chi connectivity index (χ0n) is 12.3. The van der Waals surface area contributed by atoms with Crippen molar-refractivity contribution in [1.82, 2.24) is 19.5 Å². The van der Waals surface area contributed by atoms with Crippen molar-refractivity contribution in [3.63, 3.8) is 0 Å². The van der Waals surface area contributed by atoms with Crippen molar-refractivity contribution in [3.05, 3.63) is 46.0 Å². The van der Waals surface area contributed by atoms with Crippen molar-refractivity contribution in [2.45, 2.75) is 20.4 Å². The Morgan fingerprint density at radius 2 is 1.95 bits per heavy atom. The molecule has 0 saturated heterocycles. The molecular formula is C15H15N5O2. The molecule has 7 heteroatoms. The van der Waals surface area contributed by atoms with E-state index in [0.29, 0.717) is 18.0 Å². The van der Waals surface area contributed by atoms with Gasteiger partial charge in [-0.25, -0.2) is 14.8 Å².